The fourth-order valence-corrected chi connectivity index (χ4v) is 0.916. The molecule has 60 valence electrons. The largest absolute Gasteiger partial charge is 0.382 e. The lowest BCUT2D eigenvalue weighted by Gasteiger charge is -1.97. The third-order valence-electron chi connectivity index (χ3n) is 1.43. The minimum absolute atomic E-state index is 0.0323. The van der Waals surface area contributed by atoms with Crippen LogP contribution in [0.25, 0.3) is 0 Å². The molecule has 1 amide bonds. The number of fused-ring (bicyclic) bond motifs is 1. The summed E-state index contributed by atoms with van der Waals surface area (Å²) >= 11 is 0. The second kappa shape index (κ2) is 2.33. The summed E-state index contributed by atoms with van der Waals surface area (Å²) < 4.78 is 0. The molecule has 0 bridgehead atoms. The molecule has 1 aliphatic rings. The molecule has 6 nitrogen and oxygen atoms in total. The lowest BCUT2D eigenvalue weighted by molar-refractivity contribution is -0.116. The summed E-state index contributed by atoms with van der Waals surface area (Å²) in [6.45, 7) is 0.0323. The molecule has 0 radical (unpaired) electrons. The minimum Gasteiger partial charge on any atom is -0.382 e. The number of anilines is 1. The van der Waals surface area contributed by atoms with Crippen molar-refractivity contribution in [2.45, 2.75) is 0 Å². The molecule has 0 saturated heterocycles. The fraction of sp³-hybridized carbons (Fsp3) is 0.167. The third-order valence-corrected chi connectivity index (χ3v) is 1.43. The minimum atomic E-state index is -0.305. The van der Waals surface area contributed by atoms with E-state index in [9.17, 15) is 4.79 Å². The molecule has 0 fully saturated rings. The van der Waals surface area contributed by atoms with Crippen LogP contribution >= 0.6 is 0 Å². The molecule has 0 aromatic carbocycles. The highest BCUT2D eigenvalue weighted by Crippen LogP contribution is 1.83. The van der Waals surface area contributed by atoms with Crippen molar-refractivity contribution in [3.63, 3.8) is 0 Å². The standard InChI is InChI=1S/C6H5N5O/c7-5-4-6(10-2-9-5)11-3(12)1-8-4/h2H,1H2,(H2,7,9,10,11,12). The smallest absolute Gasteiger partial charge is 0.269 e. The highest BCUT2D eigenvalue weighted by molar-refractivity contribution is 5.79. The summed E-state index contributed by atoms with van der Waals surface area (Å²) in [6.07, 6.45) is 1.26. The first-order valence-corrected chi connectivity index (χ1v) is 3.30. The zero-order valence-electron chi connectivity index (χ0n) is 6.06. The van der Waals surface area contributed by atoms with Gasteiger partial charge in [0.25, 0.3) is 5.91 Å². The summed E-state index contributed by atoms with van der Waals surface area (Å²) in [7, 11) is 0. The predicted octanol–water partition coefficient (Wildman–Crippen LogP) is -2.16. The van der Waals surface area contributed by atoms with E-state index in [2.05, 4.69) is 20.0 Å². The summed E-state index contributed by atoms with van der Waals surface area (Å²) in [5.74, 6) is -0.0446. The van der Waals surface area contributed by atoms with Gasteiger partial charge in [-0.05, 0) is 0 Å². The van der Waals surface area contributed by atoms with E-state index in [-0.39, 0.29) is 23.8 Å². The predicted molar refractivity (Wildman–Crippen MR) is 38.6 cm³/mol. The van der Waals surface area contributed by atoms with Gasteiger partial charge in [-0.3, -0.25) is 9.79 Å². The molecule has 1 aliphatic heterocycles. The number of nitrogens with zero attached hydrogens (tertiary/aromatic N) is 4. The molecule has 2 heterocycles. The van der Waals surface area contributed by atoms with Crippen LogP contribution in [0.5, 0.6) is 0 Å². The quantitative estimate of drug-likeness (QED) is 0.471. The molecule has 12 heavy (non-hydrogen) atoms. The monoisotopic (exact) mass is 163 g/mol. The summed E-state index contributed by atoms with van der Waals surface area (Å²) in [5, 5.41) is 0.414. The number of nitrogen functional groups attached to an aromatic ring is 1. The second-order valence-corrected chi connectivity index (χ2v) is 2.25. The molecular formula is C6H5N5O. The molecule has 6 heteroatoms. The Morgan fingerprint density at radius 3 is 3.08 bits per heavy atom. The van der Waals surface area contributed by atoms with E-state index in [1.165, 1.54) is 6.33 Å². The normalized spacial score (nSPS) is 14.5. The van der Waals surface area contributed by atoms with Gasteiger partial charge in [-0.2, -0.15) is 4.99 Å². The lowest BCUT2D eigenvalue weighted by atomic mass is 10.4. The van der Waals surface area contributed by atoms with Crippen molar-refractivity contribution in [1.29, 1.82) is 0 Å². The fourth-order valence-electron chi connectivity index (χ4n) is 0.916. The van der Waals surface area contributed by atoms with Gasteiger partial charge in [0, 0.05) is 0 Å². The molecule has 0 unspecified atom stereocenters. The molecule has 1 aromatic rings. The van der Waals surface area contributed by atoms with Crippen LogP contribution in [0.4, 0.5) is 5.82 Å². The summed E-state index contributed by atoms with van der Waals surface area (Å²) in [4.78, 5) is 25.8. The molecule has 0 saturated carbocycles. The van der Waals surface area contributed by atoms with E-state index in [1.54, 1.807) is 0 Å². The lowest BCUT2D eigenvalue weighted by Crippen LogP contribution is -2.37. The van der Waals surface area contributed by atoms with Gasteiger partial charge in [-0.25, -0.2) is 9.97 Å². The Kier molecular flexibility index (Phi) is 1.33. The zero-order chi connectivity index (χ0) is 8.55. The van der Waals surface area contributed by atoms with E-state index in [4.69, 9.17) is 5.73 Å². The maximum absolute atomic E-state index is 10.8. The average Bonchev–Trinajstić information content (AvgIpc) is 2.04. The van der Waals surface area contributed by atoms with Crippen molar-refractivity contribution >= 4 is 11.7 Å². The van der Waals surface area contributed by atoms with Crippen LogP contribution in [-0.4, -0.2) is 22.4 Å². The first-order valence-electron chi connectivity index (χ1n) is 3.30. The van der Waals surface area contributed by atoms with Gasteiger partial charge >= 0.3 is 0 Å². The van der Waals surface area contributed by atoms with E-state index in [0.717, 1.165) is 0 Å². The van der Waals surface area contributed by atoms with E-state index in [1.807, 2.05) is 0 Å². The van der Waals surface area contributed by atoms with Gasteiger partial charge in [-0.15, -0.1) is 0 Å². The number of nitrogens with two attached hydrogens (primary N) is 1. The highest BCUT2D eigenvalue weighted by atomic mass is 16.1. The Morgan fingerprint density at radius 1 is 1.42 bits per heavy atom. The van der Waals surface area contributed by atoms with Crippen molar-refractivity contribution < 1.29 is 4.79 Å². The highest BCUT2D eigenvalue weighted by Gasteiger charge is 2.06. The molecule has 2 rings (SSSR count). The second-order valence-electron chi connectivity index (χ2n) is 2.25. The Morgan fingerprint density at radius 2 is 2.25 bits per heavy atom. The Bertz CT molecular complexity index is 451. The van der Waals surface area contributed by atoms with Gasteiger partial charge in [0.2, 0.25) is 0 Å². The van der Waals surface area contributed by atoms with Crippen molar-refractivity contribution in [2.24, 2.45) is 9.98 Å². The Balaban J connectivity index is 2.87. The maximum Gasteiger partial charge on any atom is 0.269 e. The molecular weight excluding hydrogens is 158 g/mol. The average molecular weight is 163 g/mol. The first-order chi connectivity index (χ1) is 5.77. The van der Waals surface area contributed by atoms with E-state index < -0.39 is 0 Å². The number of hydrogen-bond acceptors (Lipinski definition) is 5. The number of aromatic nitrogens is 2. The van der Waals surface area contributed by atoms with Crippen LogP contribution in [0.3, 0.4) is 0 Å². The van der Waals surface area contributed by atoms with Crippen LogP contribution in [0.2, 0.25) is 0 Å². The molecule has 1 aromatic heterocycles. The van der Waals surface area contributed by atoms with Gasteiger partial charge in [0.15, 0.2) is 11.3 Å². The molecule has 0 atom stereocenters. The van der Waals surface area contributed by atoms with E-state index in [0.29, 0.717) is 5.36 Å². The SMILES string of the molecule is Nc1ncnc2c1=NCC(=O)N=2. The maximum atomic E-state index is 10.8. The van der Waals surface area contributed by atoms with Crippen LogP contribution in [0.15, 0.2) is 16.3 Å². The van der Waals surface area contributed by atoms with Crippen molar-refractivity contribution in [3.8, 4) is 0 Å². The number of hydrogen-bond donors (Lipinski definition) is 1. The number of rotatable bonds is 0. The number of carbonyl (C=O) groups excluding carboxylic acids is 1. The molecule has 0 spiro atoms. The van der Waals surface area contributed by atoms with Crippen LogP contribution in [0, 0.1) is 0 Å². The number of carbonyl (C=O) groups is 1. The number of amides is 1. The molecule has 0 aliphatic carbocycles. The van der Waals surface area contributed by atoms with Gasteiger partial charge in [-0.1, -0.05) is 0 Å². The summed E-state index contributed by atoms with van der Waals surface area (Å²) in [6, 6.07) is 0. The van der Waals surface area contributed by atoms with Gasteiger partial charge in [0.05, 0.1) is 0 Å². The van der Waals surface area contributed by atoms with Crippen molar-refractivity contribution in [2.75, 3.05) is 12.3 Å². The topological polar surface area (TPSA) is 93.6 Å². The molecule has 2 N–H and O–H groups in total. The van der Waals surface area contributed by atoms with E-state index >= 15 is 0 Å². The Hall–Kier alpha value is -1.85. The van der Waals surface area contributed by atoms with Crippen LogP contribution in [-0.2, 0) is 4.79 Å². The zero-order valence-corrected chi connectivity index (χ0v) is 6.06. The van der Waals surface area contributed by atoms with Crippen LogP contribution in [0.1, 0.15) is 0 Å². The first kappa shape index (κ1) is 6.84. The van der Waals surface area contributed by atoms with Crippen molar-refractivity contribution in [3.05, 3.63) is 17.2 Å². The summed E-state index contributed by atoms with van der Waals surface area (Å²) in [5.41, 5.74) is 5.73. The van der Waals surface area contributed by atoms with Gasteiger partial charge < -0.3 is 5.73 Å². The Labute approximate surface area is 66.9 Å². The van der Waals surface area contributed by atoms with Gasteiger partial charge in [0.1, 0.15) is 18.2 Å². The van der Waals surface area contributed by atoms with Crippen LogP contribution < -0.4 is 16.6 Å². The van der Waals surface area contributed by atoms with Crippen molar-refractivity contribution in [1.82, 2.24) is 9.97 Å². The third kappa shape index (κ3) is 0.931.